The van der Waals surface area contributed by atoms with Crippen molar-refractivity contribution in [3.8, 4) is 0 Å². The zero-order valence-corrected chi connectivity index (χ0v) is 13.6. The van der Waals surface area contributed by atoms with Gasteiger partial charge >= 0.3 is 0 Å². The Bertz CT molecular complexity index is 510. The number of nitrogens with one attached hydrogen (secondary N) is 1. The number of hydrogen-bond donors (Lipinski definition) is 1. The molecule has 21 heavy (non-hydrogen) atoms. The molecular weight excluding hydrogens is 261 g/mol. The normalized spacial score (nSPS) is 31.3. The molecule has 2 aliphatic carbocycles. The largest absolute Gasteiger partial charge is 0.314 e. The standard InChI is InChI=1S/C19H28FN/c1-13(2)21-12-19(10-15-4-6-17(19)9-15)11-16-5-7-18(20)8-14(16)3/h5,7-8,13,15,17,21H,4,6,9-12H2,1-3H3. The van der Waals surface area contributed by atoms with Gasteiger partial charge in [-0.2, -0.15) is 0 Å². The summed E-state index contributed by atoms with van der Waals surface area (Å²) in [4.78, 5) is 0. The van der Waals surface area contributed by atoms with Crippen LogP contribution in [0.5, 0.6) is 0 Å². The third-order valence-electron chi connectivity index (χ3n) is 5.81. The van der Waals surface area contributed by atoms with Gasteiger partial charge in [-0.3, -0.25) is 0 Å². The molecule has 0 heterocycles. The Morgan fingerprint density at radius 3 is 2.71 bits per heavy atom. The number of hydrogen-bond acceptors (Lipinski definition) is 1. The summed E-state index contributed by atoms with van der Waals surface area (Å²) in [6, 6.07) is 5.86. The van der Waals surface area contributed by atoms with E-state index in [0.717, 1.165) is 30.4 Å². The summed E-state index contributed by atoms with van der Waals surface area (Å²) in [5.74, 6) is 1.68. The molecule has 2 saturated carbocycles. The number of benzene rings is 1. The maximum Gasteiger partial charge on any atom is 0.123 e. The third-order valence-corrected chi connectivity index (χ3v) is 5.81. The van der Waals surface area contributed by atoms with Crippen LogP contribution in [0.4, 0.5) is 4.39 Å². The van der Waals surface area contributed by atoms with E-state index in [1.54, 1.807) is 12.1 Å². The summed E-state index contributed by atoms with van der Waals surface area (Å²) in [6.07, 6.45) is 6.70. The van der Waals surface area contributed by atoms with Gasteiger partial charge in [0.05, 0.1) is 0 Å². The number of aryl methyl sites for hydroxylation is 1. The molecule has 3 atom stereocenters. The van der Waals surface area contributed by atoms with Crippen LogP contribution in [-0.4, -0.2) is 12.6 Å². The second kappa shape index (κ2) is 5.72. The first-order valence-electron chi connectivity index (χ1n) is 8.47. The monoisotopic (exact) mass is 289 g/mol. The maximum atomic E-state index is 13.3. The van der Waals surface area contributed by atoms with Crippen LogP contribution in [0.1, 0.15) is 50.7 Å². The predicted octanol–water partition coefficient (Wildman–Crippen LogP) is 4.48. The first-order valence-corrected chi connectivity index (χ1v) is 8.47. The summed E-state index contributed by atoms with van der Waals surface area (Å²) in [5, 5.41) is 3.69. The molecular formula is C19H28FN. The van der Waals surface area contributed by atoms with E-state index in [1.807, 2.05) is 6.07 Å². The molecule has 0 radical (unpaired) electrons. The molecule has 0 aromatic heterocycles. The number of halogens is 1. The topological polar surface area (TPSA) is 12.0 Å². The Labute approximate surface area is 128 Å². The fourth-order valence-corrected chi connectivity index (χ4v) is 4.70. The molecule has 0 saturated heterocycles. The van der Waals surface area contributed by atoms with Crippen molar-refractivity contribution < 1.29 is 4.39 Å². The van der Waals surface area contributed by atoms with Crippen molar-refractivity contribution in [2.75, 3.05) is 6.54 Å². The van der Waals surface area contributed by atoms with Gasteiger partial charge < -0.3 is 5.32 Å². The van der Waals surface area contributed by atoms with Crippen LogP contribution in [0.3, 0.4) is 0 Å². The van der Waals surface area contributed by atoms with Gasteiger partial charge in [0.2, 0.25) is 0 Å². The van der Waals surface area contributed by atoms with E-state index in [0.29, 0.717) is 11.5 Å². The summed E-state index contributed by atoms with van der Waals surface area (Å²) in [6.45, 7) is 7.62. The van der Waals surface area contributed by atoms with Gasteiger partial charge in [-0.05, 0) is 73.1 Å². The van der Waals surface area contributed by atoms with E-state index in [-0.39, 0.29) is 5.82 Å². The summed E-state index contributed by atoms with van der Waals surface area (Å²) < 4.78 is 13.3. The van der Waals surface area contributed by atoms with E-state index in [9.17, 15) is 4.39 Å². The number of rotatable bonds is 5. The summed E-state index contributed by atoms with van der Waals surface area (Å²) >= 11 is 0. The van der Waals surface area contributed by atoms with Crippen LogP contribution in [-0.2, 0) is 6.42 Å². The lowest BCUT2D eigenvalue weighted by molar-refractivity contribution is 0.152. The molecule has 3 rings (SSSR count). The van der Waals surface area contributed by atoms with Crippen LogP contribution in [0.15, 0.2) is 18.2 Å². The van der Waals surface area contributed by atoms with E-state index < -0.39 is 0 Å². The molecule has 1 nitrogen and oxygen atoms in total. The van der Waals surface area contributed by atoms with Crippen molar-refractivity contribution >= 4 is 0 Å². The lowest BCUT2D eigenvalue weighted by atomic mass is 9.68. The Kier molecular flexibility index (Phi) is 4.09. The van der Waals surface area contributed by atoms with Crippen molar-refractivity contribution in [3.05, 3.63) is 35.1 Å². The highest BCUT2D eigenvalue weighted by Gasteiger charge is 2.50. The highest BCUT2D eigenvalue weighted by molar-refractivity contribution is 5.28. The lowest BCUT2D eigenvalue weighted by Crippen LogP contribution is -2.42. The fraction of sp³-hybridized carbons (Fsp3) is 0.684. The van der Waals surface area contributed by atoms with E-state index in [4.69, 9.17) is 0 Å². The molecule has 2 fully saturated rings. The Hall–Kier alpha value is -0.890. The van der Waals surface area contributed by atoms with E-state index in [1.165, 1.54) is 31.2 Å². The van der Waals surface area contributed by atoms with Gasteiger partial charge in [-0.15, -0.1) is 0 Å². The molecule has 0 spiro atoms. The number of fused-ring (bicyclic) bond motifs is 2. The molecule has 1 aromatic carbocycles. The van der Waals surface area contributed by atoms with Crippen LogP contribution >= 0.6 is 0 Å². The summed E-state index contributed by atoms with van der Waals surface area (Å²) in [7, 11) is 0. The average molecular weight is 289 g/mol. The molecule has 1 N–H and O–H groups in total. The van der Waals surface area contributed by atoms with Crippen LogP contribution < -0.4 is 5.32 Å². The first kappa shape index (κ1) is 15.0. The molecule has 116 valence electrons. The van der Waals surface area contributed by atoms with Gasteiger partial charge in [0, 0.05) is 12.6 Å². The van der Waals surface area contributed by atoms with Crippen molar-refractivity contribution in [1.82, 2.24) is 5.32 Å². The second-order valence-corrected chi connectivity index (χ2v) is 7.73. The molecule has 2 heteroatoms. The van der Waals surface area contributed by atoms with Crippen molar-refractivity contribution in [2.24, 2.45) is 17.3 Å². The SMILES string of the molecule is Cc1cc(F)ccc1CC1(CNC(C)C)CC2CCC1C2. The Balaban J connectivity index is 1.82. The minimum atomic E-state index is -0.112. The van der Waals surface area contributed by atoms with Crippen LogP contribution in [0.2, 0.25) is 0 Å². The molecule has 0 aliphatic heterocycles. The summed E-state index contributed by atoms with van der Waals surface area (Å²) in [5.41, 5.74) is 2.85. The Morgan fingerprint density at radius 2 is 2.14 bits per heavy atom. The van der Waals surface area contributed by atoms with Crippen molar-refractivity contribution in [2.45, 2.75) is 58.9 Å². The molecule has 2 bridgehead atoms. The first-order chi connectivity index (χ1) is 9.98. The molecule has 3 unspecified atom stereocenters. The van der Waals surface area contributed by atoms with Gasteiger partial charge in [0.1, 0.15) is 5.82 Å². The van der Waals surface area contributed by atoms with E-state index in [2.05, 4.69) is 26.1 Å². The Morgan fingerprint density at radius 1 is 1.33 bits per heavy atom. The van der Waals surface area contributed by atoms with Crippen molar-refractivity contribution in [1.29, 1.82) is 0 Å². The minimum absolute atomic E-state index is 0.112. The molecule has 2 aliphatic rings. The highest BCUT2D eigenvalue weighted by Crippen LogP contribution is 2.57. The smallest absolute Gasteiger partial charge is 0.123 e. The van der Waals surface area contributed by atoms with Gasteiger partial charge in [0.25, 0.3) is 0 Å². The second-order valence-electron chi connectivity index (χ2n) is 7.73. The quantitative estimate of drug-likeness (QED) is 0.842. The van der Waals surface area contributed by atoms with Gasteiger partial charge in [0.15, 0.2) is 0 Å². The lowest BCUT2D eigenvalue weighted by Gasteiger charge is -2.39. The predicted molar refractivity (Wildman–Crippen MR) is 85.9 cm³/mol. The van der Waals surface area contributed by atoms with Crippen LogP contribution in [0.25, 0.3) is 0 Å². The van der Waals surface area contributed by atoms with Crippen molar-refractivity contribution in [3.63, 3.8) is 0 Å². The van der Waals surface area contributed by atoms with Gasteiger partial charge in [-0.1, -0.05) is 26.3 Å². The highest BCUT2D eigenvalue weighted by atomic mass is 19.1. The maximum absolute atomic E-state index is 13.3. The fourth-order valence-electron chi connectivity index (χ4n) is 4.70. The van der Waals surface area contributed by atoms with E-state index >= 15 is 0 Å². The zero-order valence-electron chi connectivity index (χ0n) is 13.6. The minimum Gasteiger partial charge on any atom is -0.314 e. The molecule has 1 aromatic rings. The van der Waals surface area contributed by atoms with Crippen LogP contribution in [0, 0.1) is 30.0 Å². The zero-order chi connectivity index (χ0) is 15.0. The van der Waals surface area contributed by atoms with Gasteiger partial charge in [-0.25, -0.2) is 4.39 Å². The average Bonchev–Trinajstić information content (AvgIpc) is 3.01. The third kappa shape index (κ3) is 3.01. The molecule has 0 amide bonds.